The number of pyridine rings is 1. The van der Waals surface area contributed by atoms with Crippen LogP contribution in [0.3, 0.4) is 0 Å². The number of nitriles is 1. The van der Waals surface area contributed by atoms with Crippen LogP contribution in [0, 0.1) is 28.9 Å². The second kappa shape index (κ2) is 13.3. The van der Waals surface area contributed by atoms with Gasteiger partial charge in [0, 0.05) is 62.3 Å². The molecule has 7 rings (SSSR count). The average molecular weight is 664 g/mol. The van der Waals surface area contributed by atoms with Crippen molar-refractivity contribution in [3.63, 3.8) is 0 Å². The molecule has 2 unspecified atom stereocenters. The zero-order valence-corrected chi connectivity index (χ0v) is 26.8. The standard InChI is InChI=1S/C32H30ClF3N6O2.C2H3N/c1-17(34)31(43)42-12-10-41(11-13-42)30-22-15-37-28(21-5-3-4-18-7-9-23(35)26(33)25(18)21)27(36)29(22)38-32(39-30)44-16-24-19-6-8-20(14-19)40(24)2;1-2-3/h3-5,7,9,15,19-20,24H,1,6,8,10-14,16H2,2H3;1H3/t19-,20?,24?;/m1./s1. The first-order chi connectivity index (χ1) is 22.6. The van der Waals surface area contributed by atoms with Crippen LogP contribution < -0.4 is 9.64 Å². The number of piperidine rings is 1. The summed E-state index contributed by atoms with van der Waals surface area (Å²) in [5, 5.41) is 8.54. The zero-order valence-electron chi connectivity index (χ0n) is 26.0. The summed E-state index contributed by atoms with van der Waals surface area (Å²) in [6.07, 6.45) is 4.96. The van der Waals surface area contributed by atoms with Gasteiger partial charge in [-0.15, -0.1) is 0 Å². The van der Waals surface area contributed by atoms with Crippen LogP contribution in [-0.2, 0) is 4.79 Å². The number of rotatable bonds is 6. The van der Waals surface area contributed by atoms with Gasteiger partial charge in [0.15, 0.2) is 11.6 Å². The van der Waals surface area contributed by atoms with Crippen molar-refractivity contribution in [2.75, 3.05) is 44.7 Å². The predicted molar refractivity (Wildman–Crippen MR) is 174 cm³/mol. The second-order valence-electron chi connectivity index (χ2n) is 12.0. The number of fused-ring (bicyclic) bond motifs is 4. The van der Waals surface area contributed by atoms with Crippen LogP contribution in [-0.4, -0.2) is 82.6 Å². The van der Waals surface area contributed by atoms with Crippen LogP contribution in [0.1, 0.15) is 26.2 Å². The molecular formula is C34H33ClF3N7O2. The fourth-order valence-electron chi connectivity index (χ4n) is 7.04. The highest BCUT2D eigenvalue weighted by atomic mass is 35.5. The van der Waals surface area contributed by atoms with Gasteiger partial charge in [0.2, 0.25) is 0 Å². The highest BCUT2D eigenvalue weighted by molar-refractivity contribution is 6.36. The molecule has 2 aromatic carbocycles. The molecule has 0 spiro atoms. The zero-order chi connectivity index (χ0) is 33.4. The van der Waals surface area contributed by atoms with E-state index in [1.807, 2.05) is 4.90 Å². The van der Waals surface area contributed by atoms with Crippen LogP contribution in [0.25, 0.3) is 32.9 Å². The van der Waals surface area contributed by atoms with Gasteiger partial charge in [-0.25, -0.2) is 13.2 Å². The molecule has 1 amide bonds. The number of halogens is 4. The van der Waals surface area contributed by atoms with Gasteiger partial charge in [0.25, 0.3) is 5.91 Å². The monoisotopic (exact) mass is 663 g/mol. The molecule has 4 aromatic rings. The molecule has 3 fully saturated rings. The summed E-state index contributed by atoms with van der Waals surface area (Å²) < 4.78 is 50.7. The van der Waals surface area contributed by atoms with Gasteiger partial charge in [-0.05, 0) is 43.7 Å². The Kier molecular flexibility index (Phi) is 9.21. The molecule has 2 aromatic heterocycles. The van der Waals surface area contributed by atoms with Crippen LogP contribution in [0.15, 0.2) is 48.9 Å². The topological polar surface area (TPSA) is 98.5 Å². The molecule has 244 valence electrons. The van der Waals surface area contributed by atoms with Gasteiger partial charge in [0.1, 0.15) is 29.5 Å². The summed E-state index contributed by atoms with van der Waals surface area (Å²) in [6, 6.07) is 10.5. The summed E-state index contributed by atoms with van der Waals surface area (Å²) in [5.74, 6) is -2.17. The van der Waals surface area contributed by atoms with Crippen LogP contribution in [0.5, 0.6) is 6.01 Å². The van der Waals surface area contributed by atoms with Gasteiger partial charge in [-0.2, -0.15) is 15.2 Å². The molecule has 9 nitrogen and oxygen atoms in total. The number of anilines is 1. The van der Waals surface area contributed by atoms with E-state index in [1.165, 1.54) is 30.5 Å². The van der Waals surface area contributed by atoms with Crippen molar-refractivity contribution in [3.05, 3.63) is 65.6 Å². The van der Waals surface area contributed by atoms with Crippen molar-refractivity contribution in [1.82, 2.24) is 24.8 Å². The molecule has 4 heterocycles. The minimum Gasteiger partial charge on any atom is -0.462 e. The lowest BCUT2D eigenvalue weighted by Crippen LogP contribution is -2.49. The third kappa shape index (κ3) is 6.05. The van der Waals surface area contributed by atoms with Crippen molar-refractivity contribution in [3.8, 4) is 23.3 Å². The summed E-state index contributed by atoms with van der Waals surface area (Å²) in [7, 11) is 2.10. The number of benzene rings is 2. The molecule has 47 heavy (non-hydrogen) atoms. The fraction of sp³-hybridized carbons (Fsp3) is 0.382. The summed E-state index contributed by atoms with van der Waals surface area (Å²) in [5.41, 5.74) is 0.295. The number of carbonyl (C=O) groups excluding carboxylic acids is 1. The third-order valence-corrected chi connectivity index (χ3v) is 9.77. The number of likely N-dealkylation sites (tertiary alicyclic amines) is 1. The molecule has 1 saturated carbocycles. The highest BCUT2D eigenvalue weighted by Crippen LogP contribution is 2.42. The molecule has 13 heteroatoms. The Labute approximate surface area is 275 Å². The van der Waals surface area contributed by atoms with Crippen molar-refractivity contribution in [2.45, 2.75) is 38.3 Å². The van der Waals surface area contributed by atoms with Gasteiger partial charge >= 0.3 is 6.01 Å². The Hall–Kier alpha value is -4.47. The quantitative estimate of drug-likeness (QED) is 0.222. The number of ether oxygens (including phenoxy) is 1. The first-order valence-corrected chi connectivity index (χ1v) is 15.8. The van der Waals surface area contributed by atoms with E-state index in [-0.39, 0.29) is 41.4 Å². The summed E-state index contributed by atoms with van der Waals surface area (Å²) in [4.78, 5) is 31.4. The molecule has 2 saturated heterocycles. The number of nitrogens with zero attached hydrogens (tertiary/aromatic N) is 7. The number of carbonyl (C=O) groups is 1. The van der Waals surface area contributed by atoms with E-state index in [9.17, 15) is 13.6 Å². The van der Waals surface area contributed by atoms with E-state index >= 15 is 4.39 Å². The minimum atomic E-state index is -1.01. The van der Waals surface area contributed by atoms with E-state index in [4.69, 9.17) is 26.6 Å². The van der Waals surface area contributed by atoms with Gasteiger partial charge < -0.3 is 14.5 Å². The molecular weight excluding hydrogens is 631 g/mol. The first kappa shape index (κ1) is 32.5. The normalized spacial score (nSPS) is 20.7. The maximum atomic E-state index is 16.5. The van der Waals surface area contributed by atoms with E-state index in [1.54, 1.807) is 30.3 Å². The smallest absolute Gasteiger partial charge is 0.319 e. The fourth-order valence-corrected chi connectivity index (χ4v) is 7.32. The molecule has 2 aliphatic heterocycles. The maximum Gasteiger partial charge on any atom is 0.319 e. The summed E-state index contributed by atoms with van der Waals surface area (Å²) in [6.45, 7) is 6.01. The lowest BCUT2D eigenvalue weighted by atomic mass is 10.00. The highest BCUT2D eigenvalue weighted by Gasteiger charge is 2.44. The lowest BCUT2D eigenvalue weighted by molar-refractivity contribution is -0.128. The predicted octanol–water partition coefficient (Wildman–Crippen LogP) is 6.30. The molecule has 0 radical (unpaired) electrons. The number of aromatic nitrogens is 3. The first-order valence-electron chi connectivity index (χ1n) is 15.4. The number of piperazine rings is 1. The Morgan fingerprint density at radius 1 is 1.15 bits per heavy atom. The third-order valence-electron chi connectivity index (χ3n) is 9.40. The molecule has 3 aliphatic rings. The van der Waals surface area contributed by atoms with Crippen molar-refractivity contribution in [2.24, 2.45) is 5.92 Å². The van der Waals surface area contributed by atoms with Crippen LogP contribution >= 0.6 is 11.6 Å². The lowest BCUT2D eigenvalue weighted by Gasteiger charge is -2.35. The number of hydrogen-bond donors (Lipinski definition) is 0. The van der Waals surface area contributed by atoms with E-state index in [2.05, 4.69) is 28.5 Å². The van der Waals surface area contributed by atoms with E-state index in [0.717, 1.165) is 12.8 Å². The van der Waals surface area contributed by atoms with Gasteiger partial charge in [0.05, 0.1) is 16.5 Å². The Bertz CT molecular complexity index is 1910. The summed E-state index contributed by atoms with van der Waals surface area (Å²) >= 11 is 6.36. The van der Waals surface area contributed by atoms with Crippen LogP contribution in [0.4, 0.5) is 19.0 Å². The van der Waals surface area contributed by atoms with Crippen molar-refractivity contribution >= 4 is 45.0 Å². The number of likely N-dealkylation sites (N-methyl/N-ethyl adjacent to an activating group) is 1. The number of amides is 1. The maximum absolute atomic E-state index is 16.5. The van der Waals surface area contributed by atoms with E-state index < -0.39 is 23.4 Å². The Morgan fingerprint density at radius 3 is 2.57 bits per heavy atom. The SMILES string of the molecule is C=C(F)C(=O)N1CCN(c2nc(OCC3[C@@H]4CCC(C4)N3C)nc3c(F)c(-c4cccc5ccc(F)c(Cl)c45)ncc23)CC1.CC#N. The number of hydrogen-bond acceptors (Lipinski definition) is 8. The van der Waals surface area contributed by atoms with Crippen molar-refractivity contribution in [1.29, 1.82) is 5.26 Å². The second-order valence-corrected chi connectivity index (χ2v) is 12.3. The average Bonchev–Trinajstić information content (AvgIpc) is 3.67. The molecule has 2 bridgehead atoms. The Morgan fingerprint density at radius 2 is 1.89 bits per heavy atom. The van der Waals surface area contributed by atoms with Crippen molar-refractivity contribution < 1.29 is 22.7 Å². The van der Waals surface area contributed by atoms with Gasteiger partial charge in [-0.3, -0.25) is 14.7 Å². The Balaban J connectivity index is 0.00000124. The minimum absolute atomic E-state index is 0.00327. The largest absolute Gasteiger partial charge is 0.462 e. The van der Waals surface area contributed by atoms with Gasteiger partial charge in [-0.1, -0.05) is 42.4 Å². The molecule has 3 atom stereocenters. The molecule has 1 aliphatic carbocycles. The molecule has 0 N–H and O–H groups in total. The van der Waals surface area contributed by atoms with E-state index in [0.29, 0.717) is 59.2 Å². The van der Waals surface area contributed by atoms with Crippen LogP contribution in [0.2, 0.25) is 5.02 Å².